The van der Waals surface area contributed by atoms with E-state index in [9.17, 15) is 14.4 Å². The highest BCUT2D eigenvalue weighted by molar-refractivity contribution is 6.36. The number of hydrogen-bond acceptors (Lipinski definition) is 5. The van der Waals surface area contributed by atoms with Gasteiger partial charge in [-0.3, -0.25) is 14.4 Å². The molecule has 3 aliphatic rings. The number of methoxy groups -OCH3 is 1. The number of rotatable bonds is 4. The molecule has 9 heteroatoms. The predicted octanol–water partition coefficient (Wildman–Crippen LogP) is 5.16. The third kappa shape index (κ3) is 3.77. The minimum Gasteiger partial charge on any atom is -0.497 e. The van der Waals surface area contributed by atoms with Gasteiger partial charge in [0.05, 0.1) is 30.7 Å². The van der Waals surface area contributed by atoms with Crippen LogP contribution in [0.15, 0.2) is 72.9 Å². The molecule has 6 rings (SSSR count). The molecule has 0 radical (unpaired) electrons. The summed E-state index contributed by atoms with van der Waals surface area (Å²) < 4.78 is 5.19. The smallest absolute Gasteiger partial charge is 0.247 e. The zero-order valence-corrected chi connectivity index (χ0v) is 21.1. The van der Waals surface area contributed by atoms with Crippen molar-refractivity contribution >= 4 is 58.4 Å². The molecular weight excluding hydrogens is 513 g/mol. The number of ether oxygens (including phenoxy) is 1. The summed E-state index contributed by atoms with van der Waals surface area (Å²) in [6, 6.07) is 17.9. The van der Waals surface area contributed by atoms with E-state index in [1.807, 2.05) is 41.4 Å². The fourth-order valence-corrected chi connectivity index (χ4v) is 6.19. The fraction of sp³-hybridized carbons (Fsp3) is 0.179. The topological polar surface area (TPSA) is 79.0 Å². The molecule has 0 aromatic heterocycles. The molecule has 3 aromatic rings. The molecule has 0 unspecified atom stereocenters. The van der Waals surface area contributed by atoms with Crippen LogP contribution in [-0.4, -0.2) is 35.8 Å². The monoisotopic (exact) mass is 533 g/mol. The highest BCUT2D eigenvalue weighted by Crippen LogP contribution is 2.53. The number of imide groups is 1. The molecule has 0 bridgehead atoms. The maximum atomic E-state index is 13.9. The lowest BCUT2D eigenvalue weighted by molar-refractivity contribution is -0.128. The second-order valence-corrected chi connectivity index (χ2v) is 10.1. The van der Waals surface area contributed by atoms with E-state index in [0.717, 1.165) is 16.0 Å². The van der Waals surface area contributed by atoms with Gasteiger partial charge in [-0.05, 0) is 59.7 Å². The number of nitrogens with zero attached hydrogens (tertiary/aromatic N) is 2. The first-order chi connectivity index (χ1) is 17.9. The average Bonchev–Trinajstić information content (AvgIpc) is 3.36. The van der Waals surface area contributed by atoms with Gasteiger partial charge < -0.3 is 15.0 Å². The molecule has 4 atom stereocenters. The Hall–Kier alpha value is -3.81. The number of amides is 3. The van der Waals surface area contributed by atoms with Crippen molar-refractivity contribution in [3.05, 3.63) is 94.1 Å². The first-order valence-electron chi connectivity index (χ1n) is 11.7. The fourth-order valence-electron chi connectivity index (χ4n) is 5.67. The number of halogens is 2. The van der Waals surface area contributed by atoms with Gasteiger partial charge in [0.1, 0.15) is 11.8 Å². The lowest BCUT2D eigenvalue weighted by Gasteiger charge is -2.35. The normalized spacial score (nSPS) is 23.5. The van der Waals surface area contributed by atoms with E-state index in [4.69, 9.17) is 27.9 Å². The van der Waals surface area contributed by atoms with Gasteiger partial charge in [0.25, 0.3) is 0 Å². The SMILES string of the molecule is COc1ccc(NC(=O)[C@H]2[C@@H]3C(=O)N(c4cc(Cl)cc(Cl)c4)C(=O)[C@@H]3[C@H]3c4ccccc4C=CN32)cc1. The standard InChI is InChI=1S/C28H21Cl2N3O4/c1-37-20-8-6-18(7-9-20)31-26(34)25-23-22(24-21-5-3-2-4-15(21)10-11-32(24)25)27(35)33(28(23)36)19-13-16(29)12-17(30)14-19/h2-14,22-25H,1H3,(H,31,34)/t22-,23+,24+,25+/m0/s1. The number of fused-ring (bicyclic) bond motifs is 5. The van der Waals surface area contributed by atoms with Crippen molar-refractivity contribution in [2.24, 2.45) is 11.8 Å². The second-order valence-electron chi connectivity index (χ2n) is 9.19. The number of carbonyl (C=O) groups is 3. The predicted molar refractivity (Wildman–Crippen MR) is 141 cm³/mol. The Morgan fingerprint density at radius 2 is 1.59 bits per heavy atom. The lowest BCUT2D eigenvalue weighted by atomic mass is 9.84. The molecule has 7 nitrogen and oxygen atoms in total. The van der Waals surface area contributed by atoms with Crippen LogP contribution in [-0.2, 0) is 14.4 Å². The summed E-state index contributed by atoms with van der Waals surface area (Å²) in [5, 5.41) is 3.53. The van der Waals surface area contributed by atoms with Crippen LogP contribution in [0.5, 0.6) is 5.75 Å². The summed E-state index contributed by atoms with van der Waals surface area (Å²) >= 11 is 12.4. The Labute approximate surface area is 223 Å². The highest BCUT2D eigenvalue weighted by atomic mass is 35.5. The number of anilines is 2. The minimum atomic E-state index is -0.905. The summed E-state index contributed by atoms with van der Waals surface area (Å²) in [5.74, 6) is -2.22. The molecule has 0 spiro atoms. The largest absolute Gasteiger partial charge is 0.497 e. The Morgan fingerprint density at radius 1 is 0.919 bits per heavy atom. The first-order valence-corrected chi connectivity index (χ1v) is 12.5. The summed E-state index contributed by atoms with van der Waals surface area (Å²) in [7, 11) is 1.56. The van der Waals surface area contributed by atoms with Crippen molar-refractivity contribution in [2.75, 3.05) is 17.3 Å². The molecule has 3 aromatic carbocycles. The first kappa shape index (κ1) is 23.6. The Balaban J connectivity index is 1.43. The van der Waals surface area contributed by atoms with E-state index < -0.39 is 29.8 Å². The van der Waals surface area contributed by atoms with Crippen LogP contribution in [0, 0.1) is 11.8 Å². The van der Waals surface area contributed by atoms with Crippen molar-refractivity contribution in [1.29, 1.82) is 0 Å². The van der Waals surface area contributed by atoms with E-state index in [2.05, 4.69) is 5.32 Å². The molecule has 2 saturated heterocycles. The Bertz CT molecular complexity index is 1450. The molecule has 37 heavy (non-hydrogen) atoms. The van der Waals surface area contributed by atoms with Gasteiger partial charge in [-0.25, -0.2) is 4.90 Å². The van der Waals surface area contributed by atoms with Crippen molar-refractivity contribution in [3.8, 4) is 5.75 Å². The van der Waals surface area contributed by atoms with E-state index in [1.54, 1.807) is 31.4 Å². The molecule has 2 fully saturated rings. The third-order valence-corrected chi connectivity index (χ3v) is 7.63. The van der Waals surface area contributed by atoms with Crippen LogP contribution in [0.2, 0.25) is 10.0 Å². The Kier molecular flexibility index (Phi) is 5.70. The van der Waals surface area contributed by atoms with Crippen LogP contribution >= 0.6 is 23.2 Å². The van der Waals surface area contributed by atoms with E-state index in [0.29, 0.717) is 27.2 Å². The van der Waals surface area contributed by atoms with Gasteiger partial charge in [-0.15, -0.1) is 0 Å². The quantitative estimate of drug-likeness (QED) is 0.469. The molecule has 186 valence electrons. The van der Waals surface area contributed by atoms with Crippen molar-refractivity contribution in [2.45, 2.75) is 12.1 Å². The van der Waals surface area contributed by atoms with Gasteiger partial charge in [0, 0.05) is 21.9 Å². The van der Waals surface area contributed by atoms with Crippen LogP contribution < -0.4 is 15.0 Å². The molecule has 3 aliphatic heterocycles. The maximum absolute atomic E-state index is 13.9. The van der Waals surface area contributed by atoms with Crippen LogP contribution in [0.1, 0.15) is 17.2 Å². The molecular formula is C28H21Cl2N3O4. The third-order valence-electron chi connectivity index (χ3n) is 7.19. The lowest BCUT2D eigenvalue weighted by Crippen LogP contribution is -2.46. The van der Waals surface area contributed by atoms with E-state index >= 15 is 0 Å². The molecule has 0 saturated carbocycles. The van der Waals surface area contributed by atoms with Crippen molar-refractivity contribution in [1.82, 2.24) is 4.90 Å². The summed E-state index contributed by atoms with van der Waals surface area (Å²) in [5.41, 5.74) is 2.69. The average molecular weight is 534 g/mol. The zero-order chi connectivity index (χ0) is 25.8. The van der Waals surface area contributed by atoms with Crippen LogP contribution in [0.3, 0.4) is 0 Å². The molecule has 1 N–H and O–H groups in total. The number of benzene rings is 3. The van der Waals surface area contributed by atoms with Crippen LogP contribution in [0.25, 0.3) is 6.08 Å². The summed E-state index contributed by atoms with van der Waals surface area (Å²) in [6.45, 7) is 0. The maximum Gasteiger partial charge on any atom is 0.247 e. The van der Waals surface area contributed by atoms with E-state index in [1.165, 1.54) is 18.2 Å². The molecule has 3 amide bonds. The van der Waals surface area contributed by atoms with Gasteiger partial charge in [-0.1, -0.05) is 47.5 Å². The highest BCUT2D eigenvalue weighted by Gasteiger charge is 2.64. The van der Waals surface area contributed by atoms with Crippen molar-refractivity contribution in [3.63, 3.8) is 0 Å². The number of carbonyl (C=O) groups excluding carboxylic acids is 3. The summed E-state index contributed by atoms with van der Waals surface area (Å²) in [6.07, 6.45) is 3.72. The van der Waals surface area contributed by atoms with Gasteiger partial charge in [0.2, 0.25) is 17.7 Å². The zero-order valence-electron chi connectivity index (χ0n) is 19.6. The number of nitrogens with one attached hydrogen (secondary N) is 1. The van der Waals surface area contributed by atoms with Gasteiger partial charge >= 0.3 is 0 Å². The van der Waals surface area contributed by atoms with Crippen LogP contribution in [0.4, 0.5) is 11.4 Å². The van der Waals surface area contributed by atoms with E-state index in [-0.39, 0.29) is 11.8 Å². The molecule has 0 aliphatic carbocycles. The number of hydrogen-bond donors (Lipinski definition) is 1. The molecule has 3 heterocycles. The second kappa shape index (κ2) is 8.94. The van der Waals surface area contributed by atoms with Crippen molar-refractivity contribution < 1.29 is 19.1 Å². The Morgan fingerprint density at radius 3 is 2.30 bits per heavy atom. The minimum absolute atomic E-state index is 0.294. The summed E-state index contributed by atoms with van der Waals surface area (Å²) in [4.78, 5) is 44.5. The van der Waals surface area contributed by atoms with Gasteiger partial charge in [-0.2, -0.15) is 0 Å². The van der Waals surface area contributed by atoms with Gasteiger partial charge in [0.15, 0.2) is 0 Å².